The van der Waals surface area contributed by atoms with E-state index in [-0.39, 0.29) is 5.91 Å². The standard InChI is InChI=1S/C18H22N2O2S/c1-22-16-8-3-2-6-14(16)12-19-18(21)13-20-10-4-7-15(20)17-9-5-11-23-17/h2-3,5-6,8-9,11,15H,4,7,10,12-13H2,1H3,(H,19,21)/t15-/m0/s1. The molecule has 4 nitrogen and oxygen atoms in total. The number of nitrogens with zero attached hydrogens (tertiary/aromatic N) is 1. The largest absolute Gasteiger partial charge is 0.496 e. The predicted octanol–water partition coefficient (Wildman–Crippen LogP) is 3.21. The quantitative estimate of drug-likeness (QED) is 0.884. The van der Waals surface area contributed by atoms with Crippen molar-refractivity contribution < 1.29 is 9.53 Å². The third-order valence-corrected chi connectivity index (χ3v) is 5.22. The molecule has 1 fully saturated rings. The van der Waals surface area contributed by atoms with Crippen molar-refractivity contribution in [1.29, 1.82) is 0 Å². The second-order valence-electron chi connectivity index (χ2n) is 5.73. The summed E-state index contributed by atoms with van der Waals surface area (Å²) in [5.41, 5.74) is 1.000. The van der Waals surface area contributed by atoms with Gasteiger partial charge in [0.2, 0.25) is 5.91 Å². The van der Waals surface area contributed by atoms with E-state index in [0.29, 0.717) is 19.1 Å². The Hall–Kier alpha value is -1.85. The predicted molar refractivity (Wildman–Crippen MR) is 92.7 cm³/mol. The molecule has 0 radical (unpaired) electrons. The average molecular weight is 330 g/mol. The molecule has 0 saturated carbocycles. The molecule has 1 aromatic heterocycles. The van der Waals surface area contributed by atoms with Gasteiger partial charge in [0.05, 0.1) is 13.7 Å². The van der Waals surface area contributed by atoms with Crippen LogP contribution in [0.3, 0.4) is 0 Å². The number of para-hydroxylation sites is 1. The van der Waals surface area contributed by atoms with Gasteiger partial charge in [-0.2, -0.15) is 0 Å². The van der Waals surface area contributed by atoms with Gasteiger partial charge >= 0.3 is 0 Å². The van der Waals surface area contributed by atoms with Gasteiger partial charge in [0.25, 0.3) is 0 Å². The third-order valence-electron chi connectivity index (χ3n) is 4.25. The highest BCUT2D eigenvalue weighted by Gasteiger charge is 2.28. The third kappa shape index (κ3) is 3.92. The van der Waals surface area contributed by atoms with Gasteiger partial charge in [-0.15, -0.1) is 11.3 Å². The highest BCUT2D eigenvalue weighted by atomic mass is 32.1. The molecule has 0 aliphatic carbocycles. The highest BCUT2D eigenvalue weighted by molar-refractivity contribution is 7.10. The lowest BCUT2D eigenvalue weighted by Crippen LogP contribution is -2.36. The number of methoxy groups -OCH3 is 1. The van der Waals surface area contributed by atoms with Gasteiger partial charge in [0.1, 0.15) is 5.75 Å². The maximum absolute atomic E-state index is 12.3. The van der Waals surface area contributed by atoms with Crippen molar-refractivity contribution >= 4 is 17.2 Å². The summed E-state index contributed by atoms with van der Waals surface area (Å²) >= 11 is 1.78. The summed E-state index contributed by atoms with van der Waals surface area (Å²) in [6.45, 7) is 1.95. The van der Waals surface area contributed by atoms with Crippen LogP contribution in [-0.2, 0) is 11.3 Å². The maximum atomic E-state index is 12.3. The van der Waals surface area contributed by atoms with Crippen LogP contribution in [0.1, 0.15) is 29.3 Å². The normalized spacial score (nSPS) is 18.0. The molecule has 122 valence electrons. The number of hydrogen-bond acceptors (Lipinski definition) is 4. The number of carbonyl (C=O) groups is 1. The fraction of sp³-hybridized carbons (Fsp3) is 0.389. The van der Waals surface area contributed by atoms with Gasteiger partial charge in [-0.05, 0) is 36.9 Å². The lowest BCUT2D eigenvalue weighted by Gasteiger charge is -2.23. The van der Waals surface area contributed by atoms with Crippen molar-refractivity contribution in [2.75, 3.05) is 20.2 Å². The fourth-order valence-corrected chi connectivity index (χ4v) is 4.00. The molecule has 0 spiro atoms. The van der Waals surface area contributed by atoms with Gasteiger partial charge in [0.15, 0.2) is 0 Å². The number of benzene rings is 1. The fourth-order valence-electron chi connectivity index (χ4n) is 3.10. The van der Waals surface area contributed by atoms with E-state index in [9.17, 15) is 4.79 Å². The number of hydrogen-bond donors (Lipinski definition) is 1. The zero-order valence-corrected chi connectivity index (χ0v) is 14.1. The minimum atomic E-state index is 0.0689. The smallest absolute Gasteiger partial charge is 0.234 e. The van der Waals surface area contributed by atoms with Crippen LogP contribution in [0.25, 0.3) is 0 Å². The SMILES string of the molecule is COc1ccccc1CNC(=O)CN1CCC[C@H]1c1cccs1. The van der Waals surface area contributed by atoms with Gasteiger partial charge in [-0.25, -0.2) is 0 Å². The van der Waals surface area contributed by atoms with Gasteiger partial charge in [-0.1, -0.05) is 24.3 Å². The molecule has 2 aromatic rings. The van der Waals surface area contributed by atoms with Gasteiger partial charge in [-0.3, -0.25) is 9.69 Å². The summed E-state index contributed by atoms with van der Waals surface area (Å²) in [6, 6.07) is 12.4. The number of thiophene rings is 1. The molecule has 2 heterocycles. The lowest BCUT2D eigenvalue weighted by molar-refractivity contribution is -0.122. The van der Waals surface area contributed by atoms with Crippen LogP contribution in [0.4, 0.5) is 0 Å². The Morgan fingerprint density at radius 3 is 3.00 bits per heavy atom. The molecular formula is C18H22N2O2S. The summed E-state index contributed by atoms with van der Waals surface area (Å²) in [6.07, 6.45) is 2.29. The molecule has 1 atom stereocenters. The highest BCUT2D eigenvalue weighted by Crippen LogP contribution is 2.33. The average Bonchev–Trinajstić information content (AvgIpc) is 3.24. The lowest BCUT2D eigenvalue weighted by atomic mass is 10.2. The first-order valence-corrected chi connectivity index (χ1v) is 8.82. The van der Waals surface area contributed by atoms with E-state index >= 15 is 0 Å². The second kappa shape index (κ2) is 7.62. The van der Waals surface area contributed by atoms with E-state index < -0.39 is 0 Å². The molecule has 1 aliphatic rings. The number of amides is 1. The molecule has 1 aliphatic heterocycles. The van der Waals surface area contributed by atoms with Crippen molar-refractivity contribution in [3.8, 4) is 5.75 Å². The van der Waals surface area contributed by atoms with Gasteiger partial charge in [0, 0.05) is 23.0 Å². The molecule has 23 heavy (non-hydrogen) atoms. The molecule has 0 bridgehead atoms. The van der Waals surface area contributed by atoms with Crippen LogP contribution in [0.15, 0.2) is 41.8 Å². The zero-order chi connectivity index (χ0) is 16.1. The van der Waals surface area contributed by atoms with Crippen molar-refractivity contribution in [2.45, 2.75) is 25.4 Å². The van der Waals surface area contributed by atoms with Crippen molar-refractivity contribution in [3.63, 3.8) is 0 Å². The van der Waals surface area contributed by atoms with Crippen molar-refractivity contribution in [1.82, 2.24) is 10.2 Å². The minimum Gasteiger partial charge on any atom is -0.496 e. The summed E-state index contributed by atoms with van der Waals surface area (Å²) in [5, 5.41) is 5.11. The maximum Gasteiger partial charge on any atom is 0.234 e. The van der Waals surface area contributed by atoms with Crippen LogP contribution >= 0.6 is 11.3 Å². The minimum absolute atomic E-state index is 0.0689. The molecular weight excluding hydrogens is 308 g/mol. The first-order valence-electron chi connectivity index (χ1n) is 7.94. The molecule has 1 aromatic carbocycles. The number of ether oxygens (including phenoxy) is 1. The molecule has 3 rings (SSSR count). The van der Waals surface area contributed by atoms with E-state index in [2.05, 4.69) is 27.7 Å². The summed E-state index contributed by atoms with van der Waals surface area (Å²) in [7, 11) is 1.65. The topological polar surface area (TPSA) is 41.6 Å². The van der Waals surface area contributed by atoms with Crippen LogP contribution in [-0.4, -0.2) is 31.0 Å². The number of likely N-dealkylation sites (tertiary alicyclic amines) is 1. The monoisotopic (exact) mass is 330 g/mol. The first kappa shape index (κ1) is 16.0. The molecule has 1 saturated heterocycles. The Kier molecular flexibility index (Phi) is 5.31. The van der Waals surface area contributed by atoms with E-state index in [0.717, 1.165) is 30.7 Å². The molecule has 5 heteroatoms. The van der Waals surface area contributed by atoms with Crippen LogP contribution < -0.4 is 10.1 Å². The molecule has 1 N–H and O–H groups in total. The van der Waals surface area contributed by atoms with Crippen LogP contribution in [0, 0.1) is 0 Å². The Morgan fingerprint density at radius 2 is 2.22 bits per heavy atom. The molecule has 1 amide bonds. The number of carbonyl (C=O) groups excluding carboxylic acids is 1. The van der Waals surface area contributed by atoms with Crippen molar-refractivity contribution in [2.24, 2.45) is 0 Å². The van der Waals surface area contributed by atoms with E-state index in [1.54, 1.807) is 18.4 Å². The van der Waals surface area contributed by atoms with E-state index in [1.807, 2.05) is 24.3 Å². The van der Waals surface area contributed by atoms with Gasteiger partial charge < -0.3 is 10.1 Å². The Bertz CT molecular complexity index is 642. The summed E-state index contributed by atoms with van der Waals surface area (Å²) in [5.74, 6) is 0.879. The van der Waals surface area contributed by atoms with Crippen LogP contribution in [0.5, 0.6) is 5.75 Å². The van der Waals surface area contributed by atoms with E-state index in [4.69, 9.17) is 4.74 Å². The Labute approximate surface area is 141 Å². The first-order chi connectivity index (χ1) is 11.3. The van der Waals surface area contributed by atoms with Crippen molar-refractivity contribution in [3.05, 3.63) is 52.2 Å². The molecule has 0 unspecified atom stereocenters. The Morgan fingerprint density at radius 1 is 1.35 bits per heavy atom. The zero-order valence-electron chi connectivity index (χ0n) is 13.3. The number of rotatable bonds is 6. The number of nitrogens with one attached hydrogen (secondary N) is 1. The second-order valence-corrected chi connectivity index (χ2v) is 6.71. The summed E-state index contributed by atoms with van der Waals surface area (Å²) < 4.78 is 5.32. The Balaban J connectivity index is 1.55. The van der Waals surface area contributed by atoms with Crippen LogP contribution in [0.2, 0.25) is 0 Å². The summed E-state index contributed by atoms with van der Waals surface area (Å²) in [4.78, 5) is 15.9. The van der Waals surface area contributed by atoms with E-state index in [1.165, 1.54) is 4.88 Å².